The minimum Gasteiger partial charge on any atom is -0.465 e. The van der Waals surface area contributed by atoms with E-state index in [1.807, 2.05) is 18.2 Å². The van der Waals surface area contributed by atoms with Crippen molar-refractivity contribution >= 4 is 17.7 Å². The van der Waals surface area contributed by atoms with Gasteiger partial charge in [-0.1, -0.05) is 18.2 Å². The van der Waals surface area contributed by atoms with Gasteiger partial charge < -0.3 is 15.7 Å². The molecule has 15 heavy (non-hydrogen) atoms. The number of para-hydroxylation sites is 1. The van der Waals surface area contributed by atoms with Gasteiger partial charge in [0.25, 0.3) is 0 Å². The number of fused-ring (bicyclic) bond motifs is 1. The predicted octanol–water partition coefficient (Wildman–Crippen LogP) is 0.817. The van der Waals surface area contributed by atoms with Gasteiger partial charge in [0, 0.05) is 12.1 Å². The van der Waals surface area contributed by atoms with Gasteiger partial charge in [-0.2, -0.15) is 0 Å². The van der Waals surface area contributed by atoms with E-state index in [0.717, 1.165) is 11.3 Å². The van der Waals surface area contributed by atoms with Crippen molar-refractivity contribution in [1.29, 1.82) is 0 Å². The topological polar surface area (TPSA) is 78.4 Å². The molecule has 1 aromatic rings. The van der Waals surface area contributed by atoms with Crippen LogP contribution in [-0.2, 0) is 11.2 Å². The van der Waals surface area contributed by atoms with Gasteiger partial charge in [-0.25, -0.2) is 4.79 Å². The Kier molecular flexibility index (Phi) is 2.29. The zero-order valence-corrected chi connectivity index (χ0v) is 7.86. The van der Waals surface area contributed by atoms with E-state index in [4.69, 9.17) is 5.11 Å². The molecular formula is C10H10N2O3. The standard InChI is InChI=1S/C10H10N2O3/c13-9-8(12-10(14)15)5-6-3-1-2-4-7(6)11-9/h1-4,8,12H,5H2,(H,11,13)(H,14,15)/t8-/m0/s1. The van der Waals surface area contributed by atoms with Crippen molar-refractivity contribution in [2.45, 2.75) is 12.5 Å². The van der Waals surface area contributed by atoms with E-state index in [1.54, 1.807) is 6.07 Å². The summed E-state index contributed by atoms with van der Waals surface area (Å²) < 4.78 is 0. The molecule has 0 bridgehead atoms. The van der Waals surface area contributed by atoms with Gasteiger partial charge in [-0.15, -0.1) is 0 Å². The first-order valence-electron chi connectivity index (χ1n) is 4.55. The second-order valence-corrected chi connectivity index (χ2v) is 3.35. The molecule has 2 rings (SSSR count). The van der Waals surface area contributed by atoms with Crippen LogP contribution in [0.2, 0.25) is 0 Å². The fraction of sp³-hybridized carbons (Fsp3) is 0.200. The van der Waals surface area contributed by atoms with Crippen LogP contribution < -0.4 is 10.6 Å². The summed E-state index contributed by atoms with van der Waals surface area (Å²) in [5.74, 6) is -0.309. The second kappa shape index (κ2) is 3.61. The first-order valence-corrected chi connectivity index (χ1v) is 4.55. The van der Waals surface area contributed by atoms with Crippen LogP contribution in [0.25, 0.3) is 0 Å². The number of hydrogen-bond donors (Lipinski definition) is 3. The highest BCUT2D eigenvalue weighted by atomic mass is 16.4. The highest BCUT2D eigenvalue weighted by Gasteiger charge is 2.26. The van der Waals surface area contributed by atoms with Crippen molar-refractivity contribution in [2.24, 2.45) is 0 Å². The largest absolute Gasteiger partial charge is 0.465 e. The summed E-state index contributed by atoms with van der Waals surface area (Å²) in [7, 11) is 0. The summed E-state index contributed by atoms with van der Waals surface area (Å²) in [5.41, 5.74) is 1.70. The number of anilines is 1. The van der Waals surface area contributed by atoms with Crippen molar-refractivity contribution < 1.29 is 14.7 Å². The predicted molar refractivity (Wildman–Crippen MR) is 53.7 cm³/mol. The quantitative estimate of drug-likeness (QED) is 0.636. The van der Waals surface area contributed by atoms with Gasteiger partial charge in [-0.05, 0) is 11.6 Å². The fourth-order valence-corrected chi connectivity index (χ4v) is 1.62. The molecule has 2 amide bonds. The normalized spacial score (nSPS) is 18.9. The van der Waals surface area contributed by atoms with Crippen LogP contribution in [-0.4, -0.2) is 23.1 Å². The summed E-state index contributed by atoms with van der Waals surface area (Å²) in [4.78, 5) is 21.9. The third-order valence-electron chi connectivity index (χ3n) is 2.31. The molecule has 78 valence electrons. The molecule has 1 atom stereocenters. The van der Waals surface area contributed by atoms with Gasteiger partial charge in [-0.3, -0.25) is 4.79 Å². The third-order valence-corrected chi connectivity index (χ3v) is 2.31. The molecule has 0 saturated carbocycles. The fourth-order valence-electron chi connectivity index (χ4n) is 1.62. The number of amides is 2. The first-order chi connectivity index (χ1) is 7.16. The maximum absolute atomic E-state index is 11.5. The number of carboxylic acid groups (broad SMARTS) is 1. The zero-order chi connectivity index (χ0) is 10.8. The van der Waals surface area contributed by atoms with E-state index in [2.05, 4.69) is 10.6 Å². The molecular weight excluding hydrogens is 196 g/mol. The number of carbonyl (C=O) groups excluding carboxylic acids is 1. The molecule has 5 nitrogen and oxygen atoms in total. The Balaban J connectivity index is 2.22. The Morgan fingerprint density at radius 3 is 2.93 bits per heavy atom. The van der Waals surface area contributed by atoms with Gasteiger partial charge in [0.1, 0.15) is 6.04 Å². The van der Waals surface area contributed by atoms with Gasteiger partial charge in [0.05, 0.1) is 0 Å². The van der Waals surface area contributed by atoms with Crippen LogP contribution in [0, 0.1) is 0 Å². The first kappa shape index (κ1) is 9.51. The molecule has 0 spiro atoms. The lowest BCUT2D eigenvalue weighted by Crippen LogP contribution is -2.47. The number of hydrogen-bond acceptors (Lipinski definition) is 2. The van der Waals surface area contributed by atoms with Gasteiger partial charge in [0.15, 0.2) is 0 Å². The van der Waals surface area contributed by atoms with Gasteiger partial charge in [0.2, 0.25) is 5.91 Å². The number of nitrogens with one attached hydrogen (secondary N) is 2. The number of rotatable bonds is 1. The molecule has 0 unspecified atom stereocenters. The van der Waals surface area contributed by atoms with E-state index in [1.165, 1.54) is 0 Å². The monoisotopic (exact) mass is 206 g/mol. The minimum atomic E-state index is -1.19. The summed E-state index contributed by atoms with van der Waals surface area (Å²) in [5, 5.41) is 13.4. The van der Waals surface area contributed by atoms with Crippen LogP contribution in [0.5, 0.6) is 0 Å². The lowest BCUT2D eigenvalue weighted by Gasteiger charge is -2.24. The average molecular weight is 206 g/mol. The smallest absolute Gasteiger partial charge is 0.405 e. The molecule has 0 aromatic heterocycles. The SMILES string of the molecule is O=C(O)N[C@H]1Cc2ccccc2NC1=O. The van der Waals surface area contributed by atoms with Crippen molar-refractivity contribution in [3.8, 4) is 0 Å². The van der Waals surface area contributed by atoms with Crippen LogP contribution in [0.1, 0.15) is 5.56 Å². The highest BCUT2D eigenvalue weighted by molar-refractivity contribution is 5.99. The Morgan fingerprint density at radius 2 is 2.20 bits per heavy atom. The Morgan fingerprint density at radius 1 is 1.47 bits per heavy atom. The molecule has 0 aliphatic carbocycles. The van der Waals surface area contributed by atoms with E-state index >= 15 is 0 Å². The van der Waals surface area contributed by atoms with E-state index < -0.39 is 12.1 Å². The third kappa shape index (κ3) is 1.90. The van der Waals surface area contributed by atoms with E-state index in [0.29, 0.717) is 6.42 Å². The molecule has 1 aliphatic rings. The summed E-state index contributed by atoms with van der Waals surface area (Å²) >= 11 is 0. The second-order valence-electron chi connectivity index (χ2n) is 3.35. The lowest BCUT2D eigenvalue weighted by molar-refractivity contribution is -0.118. The van der Waals surface area contributed by atoms with Gasteiger partial charge >= 0.3 is 6.09 Å². The molecule has 0 radical (unpaired) electrons. The van der Waals surface area contributed by atoms with E-state index in [-0.39, 0.29) is 5.91 Å². The van der Waals surface area contributed by atoms with Crippen LogP contribution >= 0.6 is 0 Å². The molecule has 1 aromatic carbocycles. The van der Waals surface area contributed by atoms with E-state index in [9.17, 15) is 9.59 Å². The lowest BCUT2D eigenvalue weighted by atomic mass is 9.99. The summed E-state index contributed by atoms with van der Waals surface area (Å²) in [6.07, 6.45) is -0.788. The zero-order valence-electron chi connectivity index (χ0n) is 7.86. The maximum Gasteiger partial charge on any atom is 0.405 e. The summed E-state index contributed by atoms with van der Waals surface area (Å²) in [6.45, 7) is 0. The molecule has 1 heterocycles. The van der Waals surface area contributed by atoms with Crippen molar-refractivity contribution in [3.63, 3.8) is 0 Å². The molecule has 0 fully saturated rings. The minimum absolute atomic E-state index is 0.309. The Bertz CT molecular complexity index is 417. The highest BCUT2D eigenvalue weighted by Crippen LogP contribution is 2.21. The van der Waals surface area contributed by atoms with Crippen molar-refractivity contribution in [3.05, 3.63) is 29.8 Å². The van der Waals surface area contributed by atoms with Crippen LogP contribution in [0.4, 0.5) is 10.5 Å². The average Bonchev–Trinajstić information content (AvgIpc) is 2.18. The molecule has 0 saturated heterocycles. The molecule has 3 N–H and O–H groups in total. The maximum atomic E-state index is 11.5. The summed E-state index contributed by atoms with van der Waals surface area (Å²) in [6, 6.07) is 6.64. The number of benzene rings is 1. The van der Waals surface area contributed by atoms with Crippen LogP contribution in [0.15, 0.2) is 24.3 Å². The van der Waals surface area contributed by atoms with Crippen LogP contribution in [0.3, 0.4) is 0 Å². The Hall–Kier alpha value is -2.04. The van der Waals surface area contributed by atoms with Crippen molar-refractivity contribution in [2.75, 3.05) is 5.32 Å². The number of carbonyl (C=O) groups is 2. The molecule has 5 heteroatoms. The van der Waals surface area contributed by atoms with Crippen molar-refractivity contribution in [1.82, 2.24) is 5.32 Å². The molecule has 1 aliphatic heterocycles. The Labute approximate surface area is 86.1 Å².